The van der Waals surface area contributed by atoms with Gasteiger partial charge in [0.15, 0.2) is 0 Å². The maximum Gasteiger partial charge on any atom is 0.119 e. The van der Waals surface area contributed by atoms with Crippen LogP contribution in [0.15, 0.2) is 48.5 Å². The molecule has 2 atom stereocenters. The number of aromatic hydroxyl groups is 2. The SMILES string of the molecule is Oc1ccccc1[C@@H]1CCC[C@H]1c1ccccc1O. The van der Waals surface area contributed by atoms with Crippen LogP contribution in [0.3, 0.4) is 0 Å². The molecule has 3 rings (SSSR count). The van der Waals surface area contributed by atoms with E-state index in [1.807, 2.05) is 36.4 Å². The highest BCUT2D eigenvalue weighted by molar-refractivity contribution is 5.42. The van der Waals surface area contributed by atoms with Crippen molar-refractivity contribution in [3.63, 3.8) is 0 Å². The lowest BCUT2D eigenvalue weighted by atomic mass is 9.83. The van der Waals surface area contributed by atoms with Crippen molar-refractivity contribution in [3.05, 3.63) is 59.7 Å². The maximum absolute atomic E-state index is 10.0. The summed E-state index contributed by atoms with van der Waals surface area (Å²) in [6.07, 6.45) is 3.27. The second kappa shape index (κ2) is 4.96. The first kappa shape index (κ1) is 12.1. The number of para-hydroxylation sites is 2. The number of hydrogen-bond donors (Lipinski definition) is 2. The Hall–Kier alpha value is -1.96. The molecule has 2 aromatic carbocycles. The van der Waals surface area contributed by atoms with E-state index >= 15 is 0 Å². The largest absolute Gasteiger partial charge is 0.508 e. The zero-order valence-electron chi connectivity index (χ0n) is 10.8. The molecule has 0 saturated heterocycles. The Morgan fingerprint density at radius 1 is 0.684 bits per heavy atom. The number of benzene rings is 2. The molecule has 0 spiro atoms. The summed E-state index contributed by atoms with van der Waals surface area (Å²) in [6, 6.07) is 15.1. The third-order valence-electron chi connectivity index (χ3n) is 4.19. The lowest BCUT2D eigenvalue weighted by Gasteiger charge is -2.22. The van der Waals surface area contributed by atoms with Crippen molar-refractivity contribution in [1.29, 1.82) is 0 Å². The van der Waals surface area contributed by atoms with Gasteiger partial charge in [-0.05, 0) is 47.9 Å². The molecule has 0 radical (unpaired) electrons. The average Bonchev–Trinajstić information content (AvgIpc) is 2.89. The van der Waals surface area contributed by atoms with Gasteiger partial charge in [0.2, 0.25) is 0 Å². The normalized spacial score (nSPS) is 22.5. The van der Waals surface area contributed by atoms with Crippen LogP contribution < -0.4 is 0 Å². The molecule has 2 N–H and O–H groups in total. The van der Waals surface area contributed by atoms with Crippen molar-refractivity contribution in [2.75, 3.05) is 0 Å². The first-order valence-corrected chi connectivity index (χ1v) is 6.83. The lowest BCUT2D eigenvalue weighted by Crippen LogP contribution is -2.05. The van der Waals surface area contributed by atoms with Crippen LogP contribution in [-0.4, -0.2) is 10.2 Å². The van der Waals surface area contributed by atoms with Crippen LogP contribution in [0, 0.1) is 0 Å². The molecule has 0 aliphatic heterocycles. The predicted molar refractivity (Wildman–Crippen MR) is 75.5 cm³/mol. The van der Waals surface area contributed by atoms with Crippen molar-refractivity contribution in [3.8, 4) is 11.5 Å². The number of phenolic OH excluding ortho intramolecular Hbond substituents is 2. The summed E-state index contributed by atoms with van der Waals surface area (Å²) in [5.74, 6) is 1.34. The molecule has 1 fully saturated rings. The van der Waals surface area contributed by atoms with E-state index in [-0.39, 0.29) is 0 Å². The molecular formula is C17H18O2. The highest BCUT2D eigenvalue weighted by Gasteiger charge is 2.32. The summed E-state index contributed by atoms with van der Waals surface area (Å²) in [5.41, 5.74) is 2.02. The van der Waals surface area contributed by atoms with Gasteiger partial charge in [0, 0.05) is 0 Å². The fraction of sp³-hybridized carbons (Fsp3) is 0.294. The molecule has 98 valence electrons. The molecule has 0 aromatic heterocycles. The van der Waals surface area contributed by atoms with Gasteiger partial charge < -0.3 is 10.2 Å². The number of phenols is 2. The van der Waals surface area contributed by atoms with Crippen LogP contribution in [0.2, 0.25) is 0 Å². The Morgan fingerprint density at radius 2 is 1.11 bits per heavy atom. The van der Waals surface area contributed by atoms with Crippen molar-refractivity contribution in [1.82, 2.24) is 0 Å². The molecular weight excluding hydrogens is 236 g/mol. The summed E-state index contributed by atoms with van der Waals surface area (Å²) in [4.78, 5) is 0. The van der Waals surface area contributed by atoms with E-state index in [0.29, 0.717) is 23.3 Å². The van der Waals surface area contributed by atoms with E-state index in [9.17, 15) is 10.2 Å². The summed E-state index contributed by atoms with van der Waals surface area (Å²) in [5, 5.41) is 20.1. The second-order valence-corrected chi connectivity index (χ2v) is 5.26. The van der Waals surface area contributed by atoms with Crippen molar-refractivity contribution >= 4 is 0 Å². The van der Waals surface area contributed by atoms with Gasteiger partial charge in [-0.25, -0.2) is 0 Å². The van der Waals surface area contributed by atoms with Crippen molar-refractivity contribution in [2.45, 2.75) is 31.1 Å². The van der Waals surface area contributed by atoms with E-state index in [0.717, 1.165) is 30.4 Å². The molecule has 1 saturated carbocycles. The molecule has 19 heavy (non-hydrogen) atoms. The topological polar surface area (TPSA) is 40.5 Å². The highest BCUT2D eigenvalue weighted by atomic mass is 16.3. The van der Waals surface area contributed by atoms with Gasteiger partial charge in [-0.15, -0.1) is 0 Å². The van der Waals surface area contributed by atoms with Gasteiger partial charge in [-0.2, -0.15) is 0 Å². The van der Waals surface area contributed by atoms with Crippen LogP contribution in [0.4, 0.5) is 0 Å². The van der Waals surface area contributed by atoms with Crippen LogP contribution in [-0.2, 0) is 0 Å². The van der Waals surface area contributed by atoms with Crippen molar-refractivity contribution < 1.29 is 10.2 Å². The summed E-state index contributed by atoms with van der Waals surface area (Å²) in [7, 11) is 0. The van der Waals surface area contributed by atoms with Gasteiger partial charge in [-0.1, -0.05) is 42.8 Å². The van der Waals surface area contributed by atoms with Crippen LogP contribution in [0.25, 0.3) is 0 Å². The standard InChI is InChI=1S/C17H18O2/c18-16-10-3-1-6-14(16)12-8-5-9-13(12)15-7-2-4-11-17(15)19/h1-4,6-7,10-13,18-19H,5,8-9H2/t12-,13-/m1/s1. The number of rotatable bonds is 2. The Morgan fingerprint density at radius 3 is 1.53 bits per heavy atom. The number of hydrogen-bond acceptors (Lipinski definition) is 2. The quantitative estimate of drug-likeness (QED) is 0.845. The van der Waals surface area contributed by atoms with E-state index in [2.05, 4.69) is 0 Å². The lowest BCUT2D eigenvalue weighted by molar-refractivity contribution is 0.444. The van der Waals surface area contributed by atoms with Gasteiger partial charge in [0.05, 0.1) is 0 Å². The molecule has 1 aliphatic rings. The molecule has 2 nitrogen and oxygen atoms in total. The molecule has 2 aromatic rings. The molecule has 0 amide bonds. The maximum atomic E-state index is 10.0. The van der Waals surface area contributed by atoms with Gasteiger partial charge in [0.25, 0.3) is 0 Å². The Balaban J connectivity index is 1.99. The van der Waals surface area contributed by atoms with Crippen molar-refractivity contribution in [2.24, 2.45) is 0 Å². The summed E-state index contributed by atoms with van der Waals surface area (Å²) < 4.78 is 0. The molecule has 0 unspecified atom stereocenters. The predicted octanol–water partition coefficient (Wildman–Crippen LogP) is 4.15. The molecule has 1 aliphatic carbocycles. The second-order valence-electron chi connectivity index (χ2n) is 5.26. The van der Waals surface area contributed by atoms with Gasteiger partial charge in [-0.3, -0.25) is 0 Å². The third kappa shape index (κ3) is 2.19. The Labute approximate surface area is 113 Å². The average molecular weight is 254 g/mol. The molecule has 2 heteroatoms. The van der Waals surface area contributed by atoms with Crippen LogP contribution in [0.1, 0.15) is 42.2 Å². The zero-order chi connectivity index (χ0) is 13.2. The molecule has 0 heterocycles. The monoisotopic (exact) mass is 254 g/mol. The fourth-order valence-electron chi connectivity index (χ4n) is 3.31. The van der Waals surface area contributed by atoms with Gasteiger partial charge in [0.1, 0.15) is 11.5 Å². The minimum atomic E-state index is 0.300. The van der Waals surface area contributed by atoms with E-state index in [1.165, 1.54) is 0 Å². The minimum absolute atomic E-state index is 0.300. The highest BCUT2D eigenvalue weighted by Crippen LogP contribution is 2.49. The fourth-order valence-corrected chi connectivity index (χ4v) is 3.31. The zero-order valence-corrected chi connectivity index (χ0v) is 10.8. The third-order valence-corrected chi connectivity index (χ3v) is 4.19. The summed E-state index contributed by atoms with van der Waals surface area (Å²) >= 11 is 0. The Kier molecular flexibility index (Phi) is 3.16. The van der Waals surface area contributed by atoms with Crippen LogP contribution in [0.5, 0.6) is 11.5 Å². The minimum Gasteiger partial charge on any atom is -0.508 e. The summed E-state index contributed by atoms with van der Waals surface area (Å²) in [6.45, 7) is 0. The molecule has 0 bridgehead atoms. The van der Waals surface area contributed by atoms with Crippen LogP contribution >= 0.6 is 0 Å². The smallest absolute Gasteiger partial charge is 0.119 e. The van der Waals surface area contributed by atoms with E-state index in [1.54, 1.807) is 12.1 Å². The first-order chi connectivity index (χ1) is 9.27. The van der Waals surface area contributed by atoms with E-state index < -0.39 is 0 Å². The van der Waals surface area contributed by atoms with E-state index in [4.69, 9.17) is 0 Å². The Bertz CT molecular complexity index is 525. The van der Waals surface area contributed by atoms with Gasteiger partial charge >= 0.3 is 0 Å². The first-order valence-electron chi connectivity index (χ1n) is 6.83.